The van der Waals surface area contributed by atoms with Crippen LogP contribution in [0.5, 0.6) is 0 Å². The zero-order valence-corrected chi connectivity index (χ0v) is 16.9. The molecule has 2 N–H and O–H groups in total. The summed E-state index contributed by atoms with van der Waals surface area (Å²) in [5, 5.41) is 3.42. The molecule has 24 heavy (non-hydrogen) atoms. The van der Waals surface area contributed by atoms with Crippen LogP contribution in [-0.2, 0) is 15.4 Å². The summed E-state index contributed by atoms with van der Waals surface area (Å²) in [6.07, 6.45) is 2.89. The van der Waals surface area contributed by atoms with Crippen LogP contribution in [-0.4, -0.2) is 26.3 Å². The summed E-state index contributed by atoms with van der Waals surface area (Å²) >= 11 is 0. The fourth-order valence-corrected chi connectivity index (χ4v) is 3.02. The first-order valence-corrected chi connectivity index (χ1v) is 10.3. The van der Waals surface area contributed by atoms with Crippen LogP contribution in [0.1, 0.15) is 66.4 Å². The van der Waals surface area contributed by atoms with Crippen LogP contribution in [0.4, 0.5) is 5.69 Å². The molecule has 0 aromatic heterocycles. The van der Waals surface area contributed by atoms with E-state index in [1.54, 1.807) is 20.8 Å². The maximum Gasteiger partial charge on any atom is 0.216 e. The van der Waals surface area contributed by atoms with E-state index in [-0.39, 0.29) is 5.41 Å². The van der Waals surface area contributed by atoms with Crippen molar-refractivity contribution >= 4 is 15.7 Å². The molecule has 4 nitrogen and oxygen atoms in total. The number of unbranched alkanes of at least 4 members (excludes halogenated alkanes) is 2. The highest BCUT2D eigenvalue weighted by Gasteiger charge is 2.27. The second-order valence-corrected chi connectivity index (χ2v) is 10.8. The topological polar surface area (TPSA) is 58.2 Å². The molecule has 0 saturated carbocycles. The normalized spacial score (nSPS) is 13.1. The molecule has 0 aliphatic rings. The van der Waals surface area contributed by atoms with Gasteiger partial charge in [-0.2, -0.15) is 0 Å². The number of anilines is 1. The number of hydrogen-bond acceptors (Lipinski definition) is 3. The third-order valence-electron chi connectivity index (χ3n) is 4.03. The largest absolute Gasteiger partial charge is 0.385 e. The Labute approximate surface area is 148 Å². The van der Waals surface area contributed by atoms with Crippen molar-refractivity contribution in [1.29, 1.82) is 0 Å². The van der Waals surface area contributed by atoms with E-state index in [0.29, 0.717) is 6.54 Å². The van der Waals surface area contributed by atoms with Gasteiger partial charge in [-0.1, -0.05) is 39.3 Å². The summed E-state index contributed by atoms with van der Waals surface area (Å²) in [5.41, 5.74) is 2.65. The van der Waals surface area contributed by atoms with E-state index >= 15 is 0 Å². The minimum Gasteiger partial charge on any atom is -0.385 e. The third kappa shape index (κ3) is 6.81. The summed E-state index contributed by atoms with van der Waals surface area (Å²) in [6, 6.07) is 8.59. The predicted octanol–water partition coefficient (Wildman–Crippen LogP) is 4.28. The lowest BCUT2D eigenvalue weighted by Gasteiger charge is -2.19. The molecule has 0 fully saturated rings. The highest BCUT2D eigenvalue weighted by atomic mass is 32.2. The van der Waals surface area contributed by atoms with Crippen molar-refractivity contribution in [1.82, 2.24) is 4.72 Å². The van der Waals surface area contributed by atoms with Gasteiger partial charge in [0.1, 0.15) is 0 Å². The Bertz CT molecular complexity index is 594. The molecule has 0 heterocycles. The molecule has 1 aromatic rings. The smallest absolute Gasteiger partial charge is 0.216 e. The molecule has 0 radical (unpaired) electrons. The van der Waals surface area contributed by atoms with Gasteiger partial charge >= 0.3 is 0 Å². The van der Waals surface area contributed by atoms with Crippen molar-refractivity contribution in [3.63, 3.8) is 0 Å². The number of benzene rings is 1. The molecule has 0 spiro atoms. The number of rotatable bonds is 8. The van der Waals surface area contributed by atoms with Gasteiger partial charge in [0, 0.05) is 18.8 Å². The maximum absolute atomic E-state index is 11.9. The summed E-state index contributed by atoms with van der Waals surface area (Å²) in [7, 11) is -3.22. The Kier molecular flexibility index (Phi) is 7.29. The van der Waals surface area contributed by atoms with E-state index in [4.69, 9.17) is 0 Å². The minimum atomic E-state index is -3.22. The van der Waals surface area contributed by atoms with Gasteiger partial charge in [-0.25, -0.2) is 13.1 Å². The summed E-state index contributed by atoms with van der Waals surface area (Å²) in [6.45, 7) is 13.2. The van der Waals surface area contributed by atoms with E-state index in [9.17, 15) is 8.42 Å². The molecule has 0 amide bonds. The van der Waals surface area contributed by atoms with Crippen molar-refractivity contribution in [3.05, 3.63) is 29.8 Å². The van der Waals surface area contributed by atoms with Crippen molar-refractivity contribution in [3.8, 4) is 0 Å². The molecule has 0 atom stereocenters. The van der Waals surface area contributed by atoms with Gasteiger partial charge in [-0.3, -0.25) is 0 Å². The van der Waals surface area contributed by atoms with Gasteiger partial charge in [0.15, 0.2) is 0 Å². The molecule has 0 unspecified atom stereocenters. The van der Waals surface area contributed by atoms with E-state index in [2.05, 4.69) is 55.1 Å². The van der Waals surface area contributed by atoms with Crippen molar-refractivity contribution < 1.29 is 8.42 Å². The van der Waals surface area contributed by atoms with Crippen LogP contribution in [0.3, 0.4) is 0 Å². The quantitative estimate of drug-likeness (QED) is 0.685. The first kappa shape index (κ1) is 21.0. The van der Waals surface area contributed by atoms with Crippen LogP contribution in [0.2, 0.25) is 0 Å². The van der Waals surface area contributed by atoms with Crippen molar-refractivity contribution in [2.45, 2.75) is 71.0 Å². The van der Waals surface area contributed by atoms with Gasteiger partial charge in [-0.15, -0.1) is 0 Å². The Morgan fingerprint density at radius 2 is 1.38 bits per heavy atom. The van der Waals surface area contributed by atoms with Crippen LogP contribution < -0.4 is 10.0 Å². The van der Waals surface area contributed by atoms with Gasteiger partial charge in [0.25, 0.3) is 0 Å². The molecular weight excluding hydrogens is 320 g/mol. The van der Waals surface area contributed by atoms with E-state index < -0.39 is 14.8 Å². The van der Waals surface area contributed by atoms with Crippen LogP contribution in [0.25, 0.3) is 0 Å². The average Bonchev–Trinajstić information content (AvgIpc) is 2.44. The zero-order chi connectivity index (χ0) is 18.4. The third-order valence-corrected chi connectivity index (χ3v) is 6.23. The number of sulfonamides is 1. The SMILES string of the molecule is CC(C)(C)c1ccc(NCCCCCNS(=O)(=O)C(C)(C)C)cc1. The summed E-state index contributed by atoms with van der Waals surface area (Å²) in [5.74, 6) is 0. The highest BCUT2D eigenvalue weighted by molar-refractivity contribution is 7.90. The fourth-order valence-electron chi connectivity index (χ4n) is 2.17. The standard InChI is InChI=1S/C19H34N2O2S/c1-18(2,3)16-10-12-17(13-11-16)20-14-8-7-9-15-21-24(22,23)19(4,5)6/h10-13,20-21H,7-9,14-15H2,1-6H3. The molecule has 138 valence electrons. The molecule has 0 bridgehead atoms. The summed E-state index contributed by atoms with van der Waals surface area (Å²) in [4.78, 5) is 0. The van der Waals surface area contributed by atoms with Crippen molar-refractivity contribution in [2.24, 2.45) is 0 Å². The summed E-state index contributed by atoms with van der Waals surface area (Å²) < 4.78 is 25.7. The number of hydrogen-bond donors (Lipinski definition) is 2. The fraction of sp³-hybridized carbons (Fsp3) is 0.684. The van der Waals surface area contributed by atoms with Crippen LogP contribution in [0.15, 0.2) is 24.3 Å². The minimum absolute atomic E-state index is 0.179. The first-order chi connectivity index (χ1) is 10.9. The van der Waals surface area contributed by atoms with Gasteiger partial charge in [-0.05, 0) is 56.7 Å². The van der Waals surface area contributed by atoms with E-state index in [0.717, 1.165) is 31.5 Å². The Morgan fingerprint density at radius 3 is 1.88 bits per heavy atom. The molecule has 0 saturated heterocycles. The molecule has 1 rings (SSSR count). The molecule has 0 aliphatic carbocycles. The first-order valence-electron chi connectivity index (χ1n) is 8.77. The van der Waals surface area contributed by atoms with Gasteiger partial charge in [0.2, 0.25) is 10.0 Å². The van der Waals surface area contributed by atoms with Crippen molar-refractivity contribution in [2.75, 3.05) is 18.4 Å². The lowest BCUT2D eigenvalue weighted by molar-refractivity contribution is 0.540. The Balaban J connectivity index is 2.21. The molecular formula is C19H34N2O2S. The average molecular weight is 355 g/mol. The maximum atomic E-state index is 11.9. The van der Waals surface area contributed by atoms with Gasteiger partial charge < -0.3 is 5.32 Å². The second-order valence-electron chi connectivity index (χ2n) is 8.32. The molecule has 1 aromatic carbocycles. The second kappa shape index (κ2) is 8.34. The monoisotopic (exact) mass is 354 g/mol. The predicted molar refractivity (Wildman–Crippen MR) is 104 cm³/mol. The van der Waals surface area contributed by atoms with Gasteiger partial charge in [0.05, 0.1) is 4.75 Å². The lowest BCUT2D eigenvalue weighted by atomic mass is 9.87. The number of nitrogens with one attached hydrogen (secondary N) is 2. The molecule has 0 aliphatic heterocycles. The van der Waals surface area contributed by atoms with Crippen LogP contribution in [0, 0.1) is 0 Å². The lowest BCUT2D eigenvalue weighted by Crippen LogP contribution is -2.39. The van der Waals surface area contributed by atoms with E-state index in [1.165, 1.54) is 5.56 Å². The Hall–Kier alpha value is -1.07. The molecule has 5 heteroatoms. The highest BCUT2D eigenvalue weighted by Crippen LogP contribution is 2.23. The van der Waals surface area contributed by atoms with E-state index in [1.807, 2.05) is 0 Å². The zero-order valence-electron chi connectivity index (χ0n) is 16.1. The Morgan fingerprint density at radius 1 is 0.833 bits per heavy atom. The van der Waals surface area contributed by atoms with Crippen LogP contribution >= 0.6 is 0 Å².